The smallest absolute Gasteiger partial charge is 0.303 e. The highest BCUT2D eigenvalue weighted by molar-refractivity contribution is 7.47. The summed E-state index contributed by atoms with van der Waals surface area (Å²) in [6.45, 7) is 11.0. The van der Waals surface area contributed by atoms with Gasteiger partial charge < -0.3 is 9.79 Å². The molecule has 0 aliphatic carbocycles. The van der Waals surface area contributed by atoms with Crippen molar-refractivity contribution in [2.75, 3.05) is 32.8 Å². The maximum absolute atomic E-state index is 12.1. The van der Waals surface area contributed by atoms with Gasteiger partial charge in [-0.2, -0.15) is 0 Å². The van der Waals surface area contributed by atoms with E-state index >= 15 is 0 Å². The van der Waals surface area contributed by atoms with Gasteiger partial charge in [-0.3, -0.25) is 9.05 Å². The summed E-state index contributed by atoms with van der Waals surface area (Å²) < 4.78 is 22.5. The largest absolute Gasteiger partial charge is 0.472 e. The Hall–Kier alpha value is 0.0700. The predicted octanol–water partition coefficient (Wildman–Crippen LogP) is 11.6. The van der Waals surface area contributed by atoms with Gasteiger partial charge in [0.2, 0.25) is 0 Å². The van der Waals surface area contributed by atoms with Gasteiger partial charge in [0.15, 0.2) is 0 Å². The lowest BCUT2D eigenvalue weighted by atomic mass is 10.1. The zero-order valence-corrected chi connectivity index (χ0v) is 28.4. The Balaban J connectivity index is 4.01. The van der Waals surface area contributed by atoms with Crippen LogP contribution in [0, 0.1) is 0 Å². The van der Waals surface area contributed by atoms with Crippen molar-refractivity contribution < 1.29 is 18.5 Å². The second-order valence-electron chi connectivity index (χ2n) is 12.1. The minimum Gasteiger partial charge on any atom is -0.303 e. The van der Waals surface area contributed by atoms with Crippen molar-refractivity contribution in [2.45, 2.75) is 188 Å². The van der Waals surface area contributed by atoms with E-state index in [2.05, 4.69) is 25.7 Å². The maximum atomic E-state index is 12.1. The summed E-state index contributed by atoms with van der Waals surface area (Å²) in [5.41, 5.74) is 0. The Kier molecular flexibility index (Phi) is 32.0. The Morgan fingerprint density at radius 2 is 0.675 bits per heavy atom. The number of hydrogen-bond donors (Lipinski definition) is 1. The lowest BCUT2D eigenvalue weighted by Gasteiger charge is -2.22. The number of nitrogens with zero attached hydrogens (tertiary/aromatic N) is 1. The maximum Gasteiger partial charge on any atom is 0.472 e. The average Bonchev–Trinajstić information content (AvgIpc) is 2.94. The van der Waals surface area contributed by atoms with Crippen molar-refractivity contribution >= 4 is 7.82 Å². The number of phosphoric acid groups is 1. The van der Waals surface area contributed by atoms with Gasteiger partial charge in [-0.15, -0.1) is 0 Å². The molecule has 0 aliphatic rings. The van der Waals surface area contributed by atoms with Crippen molar-refractivity contribution in [1.29, 1.82) is 0 Å². The molecule has 0 aromatic heterocycles. The van der Waals surface area contributed by atoms with Crippen LogP contribution in [0.25, 0.3) is 0 Å². The van der Waals surface area contributed by atoms with Crippen LogP contribution in [0.15, 0.2) is 0 Å². The zero-order chi connectivity index (χ0) is 29.4. The first kappa shape index (κ1) is 40.1. The summed E-state index contributed by atoms with van der Waals surface area (Å²) in [7, 11) is -3.90. The first-order valence-corrected chi connectivity index (χ1v) is 19.4. The monoisotopic (exact) mass is 590 g/mol. The SMILES string of the molecule is CCCCCCCCCCN(CCCCCCCCCC)CCCCCOP(=O)(O)OCCCCCCCCC. The topological polar surface area (TPSA) is 59.0 Å². The van der Waals surface area contributed by atoms with Gasteiger partial charge in [-0.05, 0) is 58.2 Å². The number of unbranched alkanes of at least 4 members (excludes halogenated alkanes) is 22. The second-order valence-corrected chi connectivity index (χ2v) is 13.6. The Morgan fingerprint density at radius 1 is 0.425 bits per heavy atom. The zero-order valence-electron chi connectivity index (χ0n) is 27.5. The molecule has 40 heavy (non-hydrogen) atoms. The molecule has 1 N–H and O–H groups in total. The Morgan fingerprint density at radius 3 is 1.00 bits per heavy atom. The molecule has 5 nitrogen and oxygen atoms in total. The Labute approximate surface area is 251 Å². The number of phosphoric ester groups is 1. The van der Waals surface area contributed by atoms with Crippen molar-refractivity contribution in [3.8, 4) is 0 Å². The summed E-state index contributed by atoms with van der Waals surface area (Å²) in [5.74, 6) is 0. The van der Waals surface area contributed by atoms with Crippen LogP contribution in [0.1, 0.15) is 188 Å². The minimum atomic E-state index is -3.90. The fraction of sp³-hybridized carbons (Fsp3) is 1.00. The summed E-state index contributed by atoms with van der Waals surface area (Å²) in [6, 6.07) is 0. The quantitative estimate of drug-likeness (QED) is 0.0597. The van der Waals surface area contributed by atoms with Crippen molar-refractivity contribution in [3.63, 3.8) is 0 Å². The molecule has 0 saturated carbocycles. The normalized spacial score (nSPS) is 13.3. The molecule has 6 heteroatoms. The third kappa shape index (κ3) is 31.0. The predicted molar refractivity (Wildman–Crippen MR) is 175 cm³/mol. The molecular weight excluding hydrogens is 517 g/mol. The molecule has 0 aromatic rings. The van der Waals surface area contributed by atoms with Gasteiger partial charge in [0.25, 0.3) is 0 Å². The molecule has 242 valence electrons. The van der Waals surface area contributed by atoms with E-state index in [-0.39, 0.29) is 0 Å². The van der Waals surface area contributed by atoms with Gasteiger partial charge in [0, 0.05) is 0 Å². The van der Waals surface area contributed by atoms with E-state index in [1.807, 2.05) is 0 Å². The van der Waals surface area contributed by atoms with Crippen LogP contribution < -0.4 is 0 Å². The van der Waals surface area contributed by atoms with Gasteiger partial charge in [0.05, 0.1) is 13.2 Å². The third-order valence-electron chi connectivity index (χ3n) is 8.03. The second kappa shape index (κ2) is 32.0. The fourth-order valence-electron chi connectivity index (χ4n) is 5.34. The molecule has 0 fully saturated rings. The minimum absolute atomic E-state index is 0.306. The van der Waals surface area contributed by atoms with Crippen molar-refractivity contribution in [1.82, 2.24) is 4.90 Å². The van der Waals surface area contributed by atoms with E-state index in [1.54, 1.807) is 0 Å². The fourth-order valence-corrected chi connectivity index (χ4v) is 6.14. The molecule has 1 unspecified atom stereocenters. The Bertz CT molecular complexity index is 514. The van der Waals surface area contributed by atoms with Crippen molar-refractivity contribution in [2.24, 2.45) is 0 Å². The first-order valence-electron chi connectivity index (χ1n) is 17.9. The highest BCUT2D eigenvalue weighted by Crippen LogP contribution is 2.43. The lowest BCUT2D eigenvalue weighted by molar-refractivity contribution is 0.144. The van der Waals surface area contributed by atoms with E-state index in [0.717, 1.165) is 38.6 Å². The molecule has 0 spiro atoms. The van der Waals surface area contributed by atoms with Crippen LogP contribution in [-0.4, -0.2) is 42.6 Å². The summed E-state index contributed by atoms with van der Waals surface area (Å²) >= 11 is 0. The molecule has 0 amide bonds. The molecule has 0 radical (unpaired) electrons. The number of hydrogen-bond acceptors (Lipinski definition) is 4. The van der Waals surface area contributed by atoms with Crippen molar-refractivity contribution in [3.05, 3.63) is 0 Å². The highest BCUT2D eigenvalue weighted by atomic mass is 31.2. The molecular formula is C34H72NO4P. The van der Waals surface area contributed by atoms with E-state index < -0.39 is 7.82 Å². The van der Waals surface area contributed by atoms with Gasteiger partial charge in [-0.25, -0.2) is 4.57 Å². The average molecular weight is 590 g/mol. The van der Waals surface area contributed by atoms with E-state index in [4.69, 9.17) is 9.05 Å². The number of rotatable bonds is 34. The van der Waals surface area contributed by atoms with Crippen LogP contribution in [-0.2, 0) is 13.6 Å². The van der Waals surface area contributed by atoms with E-state index in [9.17, 15) is 9.46 Å². The van der Waals surface area contributed by atoms with Crippen LogP contribution in [0.5, 0.6) is 0 Å². The summed E-state index contributed by atoms with van der Waals surface area (Å²) in [5, 5.41) is 0. The van der Waals surface area contributed by atoms with Gasteiger partial charge in [0.1, 0.15) is 0 Å². The summed E-state index contributed by atoms with van der Waals surface area (Å²) in [4.78, 5) is 12.6. The summed E-state index contributed by atoms with van der Waals surface area (Å²) in [6.07, 6.45) is 33.1. The van der Waals surface area contributed by atoms with Crippen LogP contribution in [0.3, 0.4) is 0 Å². The van der Waals surface area contributed by atoms with Crippen LogP contribution in [0.2, 0.25) is 0 Å². The molecule has 0 heterocycles. The highest BCUT2D eigenvalue weighted by Gasteiger charge is 2.20. The standard InChI is InChI=1S/C34H72NO4P/c1-4-7-10-13-16-18-21-25-30-35(31-26-22-19-17-14-11-8-5-2)32-27-24-29-34-39-40(36,37)38-33-28-23-20-15-12-9-6-3/h4-34H2,1-3H3,(H,36,37). The third-order valence-corrected chi connectivity index (χ3v) is 9.05. The lowest BCUT2D eigenvalue weighted by Crippen LogP contribution is -2.27. The first-order chi connectivity index (χ1) is 19.6. The van der Waals surface area contributed by atoms with Crippen LogP contribution in [0.4, 0.5) is 0 Å². The molecule has 0 aromatic carbocycles. The van der Waals surface area contributed by atoms with E-state index in [1.165, 1.54) is 148 Å². The van der Waals surface area contributed by atoms with E-state index in [0.29, 0.717) is 13.2 Å². The van der Waals surface area contributed by atoms with Gasteiger partial charge in [-0.1, -0.05) is 149 Å². The molecule has 0 bridgehead atoms. The van der Waals surface area contributed by atoms with Crippen LogP contribution >= 0.6 is 7.82 Å². The molecule has 1 atom stereocenters. The van der Waals surface area contributed by atoms with Gasteiger partial charge >= 0.3 is 7.82 Å². The molecule has 0 saturated heterocycles. The molecule has 0 rings (SSSR count). The molecule has 0 aliphatic heterocycles.